The topological polar surface area (TPSA) is 23.6 Å². The molecule has 1 fully saturated rings. The van der Waals surface area contributed by atoms with Crippen LogP contribution in [0.3, 0.4) is 0 Å². The van der Waals surface area contributed by atoms with E-state index >= 15 is 0 Å². The van der Waals surface area contributed by atoms with Crippen LogP contribution in [0.15, 0.2) is 48.5 Å². The van der Waals surface area contributed by atoms with Crippen molar-refractivity contribution in [3.63, 3.8) is 0 Å². The highest BCUT2D eigenvalue weighted by molar-refractivity contribution is 5.78. The number of carbonyl (C=O) groups excluding carboxylic acids is 1. The molecular formula is C20H23FN2O. The summed E-state index contributed by atoms with van der Waals surface area (Å²) in [6.45, 7) is 6.26. The quantitative estimate of drug-likeness (QED) is 0.862. The average molecular weight is 326 g/mol. The number of benzene rings is 2. The normalized spacial score (nSPS) is 15.5. The lowest BCUT2D eigenvalue weighted by molar-refractivity contribution is -0.132. The fourth-order valence-corrected chi connectivity index (χ4v) is 3.16. The van der Waals surface area contributed by atoms with Crippen molar-refractivity contribution in [1.82, 2.24) is 9.80 Å². The molecule has 0 unspecified atom stereocenters. The number of halogens is 1. The zero-order valence-electron chi connectivity index (χ0n) is 14.0. The van der Waals surface area contributed by atoms with Crippen LogP contribution >= 0.6 is 0 Å². The first-order chi connectivity index (χ1) is 11.6. The minimum Gasteiger partial charge on any atom is -0.340 e. The Morgan fingerprint density at radius 3 is 2.42 bits per heavy atom. The molecule has 1 aliphatic rings. The van der Waals surface area contributed by atoms with Crippen LogP contribution < -0.4 is 0 Å². The number of carbonyl (C=O) groups is 1. The van der Waals surface area contributed by atoms with Gasteiger partial charge in [-0.1, -0.05) is 42.0 Å². The fourth-order valence-electron chi connectivity index (χ4n) is 3.16. The van der Waals surface area contributed by atoms with Crippen LogP contribution in [-0.4, -0.2) is 41.9 Å². The Hall–Kier alpha value is -2.20. The van der Waals surface area contributed by atoms with Crippen LogP contribution in [0.5, 0.6) is 0 Å². The maximum atomic E-state index is 13.2. The Balaban J connectivity index is 1.50. The first-order valence-corrected chi connectivity index (χ1v) is 8.40. The van der Waals surface area contributed by atoms with Crippen LogP contribution in [0.4, 0.5) is 4.39 Å². The van der Waals surface area contributed by atoms with Gasteiger partial charge in [0.1, 0.15) is 5.82 Å². The summed E-state index contributed by atoms with van der Waals surface area (Å²) in [5.74, 6) is -0.209. The summed E-state index contributed by atoms with van der Waals surface area (Å²) in [6.07, 6.45) is 0.273. The molecule has 1 aliphatic heterocycles. The zero-order valence-corrected chi connectivity index (χ0v) is 14.0. The lowest BCUT2D eigenvalue weighted by Gasteiger charge is -2.35. The Bertz CT molecular complexity index is 708. The van der Waals surface area contributed by atoms with Crippen molar-refractivity contribution in [2.45, 2.75) is 19.9 Å². The van der Waals surface area contributed by atoms with E-state index in [-0.39, 0.29) is 18.1 Å². The monoisotopic (exact) mass is 326 g/mol. The van der Waals surface area contributed by atoms with E-state index in [1.165, 1.54) is 23.3 Å². The van der Waals surface area contributed by atoms with Gasteiger partial charge in [0.15, 0.2) is 0 Å². The average Bonchev–Trinajstić information content (AvgIpc) is 2.55. The minimum absolute atomic E-state index is 0.0794. The van der Waals surface area contributed by atoms with Crippen molar-refractivity contribution in [2.75, 3.05) is 26.2 Å². The Kier molecular flexibility index (Phi) is 5.26. The third kappa shape index (κ3) is 4.42. The molecule has 0 saturated carbocycles. The van der Waals surface area contributed by atoms with Crippen LogP contribution in [0, 0.1) is 12.7 Å². The molecule has 1 amide bonds. The second kappa shape index (κ2) is 7.58. The third-order valence-electron chi connectivity index (χ3n) is 4.46. The molecule has 24 heavy (non-hydrogen) atoms. The number of rotatable bonds is 4. The van der Waals surface area contributed by atoms with Gasteiger partial charge in [0, 0.05) is 32.7 Å². The highest BCUT2D eigenvalue weighted by Crippen LogP contribution is 2.12. The minimum atomic E-state index is -0.289. The smallest absolute Gasteiger partial charge is 0.227 e. The summed E-state index contributed by atoms with van der Waals surface area (Å²) < 4.78 is 13.2. The van der Waals surface area contributed by atoms with Crippen LogP contribution in [-0.2, 0) is 17.8 Å². The van der Waals surface area contributed by atoms with E-state index in [4.69, 9.17) is 0 Å². The van der Waals surface area contributed by atoms with Crippen molar-refractivity contribution in [2.24, 2.45) is 0 Å². The second-order valence-electron chi connectivity index (χ2n) is 6.45. The summed E-state index contributed by atoms with van der Waals surface area (Å²) >= 11 is 0. The van der Waals surface area contributed by atoms with Gasteiger partial charge < -0.3 is 4.90 Å². The summed E-state index contributed by atoms with van der Waals surface area (Å²) in [5.41, 5.74) is 3.33. The molecule has 0 bridgehead atoms. The summed E-state index contributed by atoms with van der Waals surface area (Å²) in [7, 11) is 0. The Labute approximate surface area is 142 Å². The maximum absolute atomic E-state index is 13.2. The second-order valence-corrected chi connectivity index (χ2v) is 6.45. The van der Waals surface area contributed by atoms with Gasteiger partial charge in [-0.15, -0.1) is 0 Å². The molecule has 2 aromatic rings. The molecule has 0 spiro atoms. The number of nitrogens with zero attached hydrogens (tertiary/aromatic N) is 2. The van der Waals surface area contributed by atoms with Gasteiger partial charge >= 0.3 is 0 Å². The predicted molar refractivity (Wildman–Crippen MR) is 93.1 cm³/mol. The fraction of sp³-hybridized carbons (Fsp3) is 0.350. The van der Waals surface area contributed by atoms with Crippen LogP contribution in [0.1, 0.15) is 16.7 Å². The molecule has 126 valence electrons. The van der Waals surface area contributed by atoms with Gasteiger partial charge in [-0.05, 0) is 30.2 Å². The van der Waals surface area contributed by atoms with E-state index in [0.717, 1.165) is 38.3 Å². The highest BCUT2D eigenvalue weighted by atomic mass is 19.1. The summed E-state index contributed by atoms with van der Waals surface area (Å²) in [6, 6.07) is 14.8. The lowest BCUT2D eigenvalue weighted by Crippen LogP contribution is -2.48. The van der Waals surface area contributed by atoms with E-state index in [9.17, 15) is 9.18 Å². The Morgan fingerprint density at radius 2 is 1.71 bits per heavy atom. The molecule has 0 radical (unpaired) electrons. The molecule has 3 nitrogen and oxygen atoms in total. The van der Waals surface area contributed by atoms with Gasteiger partial charge in [0.2, 0.25) is 5.91 Å². The summed E-state index contributed by atoms with van der Waals surface area (Å²) in [5, 5.41) is 0. The largest absolute Gasteiger partial charge is 0.340 e. The van der Waals surface area contributed by atoms with Crippen molar-refractivity contribution < 1.29 is 9.18 Å². The van der Waals surface area contributed by atoms with Gasteiger partial charge in [-0.25, -0.2) is 4.39 Å². The number of hydrogen-bond acceptors (Lipinski definition) is 2. The van der Waals surface area contributed by atoms with E-state index < -0.39 is 0 Å². The van der Waals surface area contributed by atoms with Crippen LogP contribution in [0.25, 0.3) is 0 Å². The first-order valence-electron chi connectivity index (χ1n) is 8.40. The molecule has 0 aromatic heterocycles. The van der Waals surface area contributed by atoms with Gasteiger partial charge in [-0.3, -0.25) is 9.69 Å². The van der Waals surface area contributed by atoms with E-state index in [1.807, 2.05) is 4.90 Å². The van der Waals surface area contributed by atoms with Crippen molar-refractivity contribution in [1.29, 1.82) is 0 Å². The molecule has 0 N–H and O–H groups in total. The van der Waals surface area contributed by atoms with Gasteiger partial charge in [0.25, 0.3) is 0 Å². The van der Waals surface area contributed by atoms with Crippen molar-refractivity contribution in [3.8, 4) is 0 Å². The molecule has 1 saturated heterocycles. The molecule has 0 aliphatic carbocycles. The molecular weight excluding hydrogens is 303 g/mol. The molecule has 2 aromatic carbocycles. The number of hydrogen-bond donors (Lipinski definition) is 0. The highest BCUT2D eigenvalue weighted by Gasteiger charge is 2.21. The van der Waals surface area contributed by atoms with E-state index in [2.05, 4.69) is 36.1 Å². The number of piperazine rings is 1. The van der Waals surface area contributed by atoms with Crippen LogP contribution in [0.2, 0.25) is 0 Å². The van der Waals surface area contributed by atoms with Gasteiger partial charge in [-0.2, -0.15) is 0 Å². The third-order valence-corrected chi connectivity index (χ3v) is 4.46. The first kappa shape index (κ1) is 16.7. The van der Waals surface area contributed by atoms with E-state index in [1.54, 1.807) is 12.1 Å². The maximum Gasteiger partial charge on any atom is 0.227 e. The predicted octanol–water partition coefficient (Wildman–Crippen LogP) is 3.02. The standard InChI is InChI=1S/C20H23FN2O/c1-16-4-2-6-18(12-16)15-22-8-10-23(11-9-22)20(24)14-17-5-3-7-19(21)13-17/h2-7,12-13H,8-11,14-15H2,1H3. The number of amides is 1. The molecule has 1 heterocycles. The Morgan fingerprint density at radius 1 is 1.00 bits per heavy atom. The number of aryl methyl sites for hydroxylation is 1. The van der Waals surface area contributed by atoms with Crippen molar-refractivity contribution >= 4 is 5.91 Å². The molecule has 4 heteroatoms. The SMILES string of the molecule is Cc1cccc(CN2CCN(C(=O)Cc3cccc(F)c3)CC2)c1. The molecule has 0 atom stereocenters. The summed E-state index contributed by atoms with van der Waals surface area (Å²) in [4.78, 5) is 16.6. The van der Waals surface area contributed by atoms with Crippen molar-refractivity contribution in [3.05, 3.63) is 71.0 Å². The lowest BCUT2D eigenvalue weighted by atomic mass is 10.1. The zero-order chi connectivity index (χ0) is 16.9. The van der Waals surface area contributed by atoms with E-state index in [0.29, 0.717) is 0 Å². The molecule has 3 rings (SSSR count). The van der Waals surface area contributed by atoms with Gasteiger partial charge in [0.05, 0.1) is 6.42 Å².